The second-order valence-corrected chi connectivity index (χ2v) is 5.44. The second-order valence-electron chi connectivity index (χ2n) is 5.44. The van der Waals surface area contributed by atoms with Crippen molar-refractivity contribution >= 4 is 0 Å². The van der Waals surface area contributed by atoms with Crippen molar-refractivity contribution in [1.82, 2.24) is 15.1 Å². The van der Waals surface area contributed by atoms with Gasteiger partial charge in [-0.15, -0.1) is 0 Å². The van der Waals surface area contributed by atoms with Gasteiger partial charge >= 0.3 is 0 Å². The summed E-state index contributed by atoms with van der Waals surface area (Å²) in [5.74, 6) is 0.732. The second kappa shape index (κ2) is 11.9. The lowest BCUT2D eigenvalue weighted by molar-refractivity contribution is 0.147. The molecule has 0 rings (SSSR count). The maximum Gasteiger partial charge on any atom is 0.0590 e. The number of nitrogens with one attached hydrogen (secondary N) is 1. The molecular formula is C14H33N3O. The van der Waals surface area contributed by atoms with Gasteiger partial charge in [0, 0.05) is 45.9 Å². The van der Waals surface area contributed by atoms with Crippen LogP contribution in [0.3, 0.4) is 0 Å². The minimum atomic E-state index is 0.732. The van der Waals surface area contributed by atoms with E-state index in [1.54, 1.807) is 0 Å². The van der Waals surface area contributed by atoms with Gasteiger partial charge in [-0.05, 0) is 26.9 Å². The Bertz CT molecular complexity index is 174. The third-order valence-electron chi connectivity index (χ3n) is 2.72. The van der Waals surface area contributed by atoms with E-state index >= 15 is 0 Å². The molecule has 0 fully saturated rings. The van der Waals surface area contributed by atoms with Crippen LogP contribution >= 0.6 is 0 Å². The number of rotatable bonds is 12. The molecule has 1 N–H and O–H groups in total. The van der Waals surface area contributed by atoms with Gasteiger partial charge < -0.3 is 19.9 Å². The predicted molar refractivity (Wildman–Crippen MR) is 79.2 cm³/mol. The molecule has 110 valence electrons. The summed E-state index contributed by atoms with van der Waals surface area (Å²) >= 11 is 0. The Kier molecular flexibility index (Phi) is 11.8. The van der Waals surface area contributed by atoms with Gasteiger partial charge in [0.1, 0.15) is 0 Å². The van der Waals surface area contributed by atoms with Crippen LogP contribution in [0.5, 0.6) is 0 Å². The quantitative estimate of drug-likeness (QED) is 0.532. The van der Waals surface area contributed by atoms with Crippen LogP contribution in [-0.2, 0) is 4.74 Å². The fourth-order valence-corrected chi connectivity index (χ4v) is 1.80. The predicted octanol–water partition coefficient (Wildman–Crippen LogP) is 1.13. The van der Waals surface area contributed by atoms with Gasteiger partial charge in [-0.25, -0.2) is 0 Å². The van der Waals surface area contributed by atoms with Gasteiger partial charge in [-0.1, -0.05) is 13.8 Å². The van der Waals surface area contributed by atoms with Gasteiger partial charge in [0.15, 0.2) is 0 Å². The maximum atomic E-state index is 5.30. The topological polar surface area (TPSA) is 27.7 Å². The smallest absolute Gasteiger partial charge is 0.0590 e. The summed E-state index contributed by atoms with van der Waals surface area (Å²) in [4.78, 5) is 4.79. The van der Waals surface area contributed by atoms with Crippen LogP contribution in [0.15, 0.2) is 0 Å². The minimum Gasteiger partial charge on any atom is -0.380 e. The molecule has 4 heteroatoms. The van der Waals surface area contributed by atoms with Gasteiger partial charge in [0.25, 0.3) is 0 Å². The SMILES string of the molecule is CCOCCNCCN(CCN(C)C)CC(C)C. The molecule has 4 nitrogen and oxygen atoms in total. The first-order valence-electron chi connectivity index (χ1n) is 7.21. The molecule has 0 bridgehead atoms. The molecule has 0 heterocycles. The molecule has 0 aromatic heterocycles. The fraction of sp³-hybridized carbons (Fsp3) is 1.00. The van der Waals surface area contributed by atoms with Crippen LogP contribution in [0.1, 0.15) is 20.8 Å². The van der Waals surface area contributed by atoms with E-state index in [1.807, 2.05) is 6.92 Å². The number of hydrogen-bond donors (Lipinski definition) is 1. The molecule has 0 aliphatic heterocycles. The van der Waals surface area contributed by atoms with E-state index in [0.29, 0.717) is 0 Å². The molecule has 0 aromatic carbocycles. The molecule has 0 unspecified atom stereocenters. The standard InChI is InChI=1S/C14H33N3O/c1-6-18-12-8-15-7-9-17(13-14(2)3)11-10-16(4)5/h14-15H,6-13H2,1-5H3. The van der Waals surface area contributed by atoms with Gasteiger partial charge in [-0.2, -0.15) is 0 Å². The highest BCUT2D eigenvalue weighted by atomic mass is 16.5. The molecule has 18 heavy (non-hydrogen) atoms. The van der Waals surface area contributed by atoms with E-state index in [0.717, 1.165) is 51.9 Å². The average molecular weight is 259 g/mol. The van der Waals surface area contributed by atoms with Crippen molar-refractivity contribution in [3.05, 3.63) is 0 Å². The zero-order valence-corrected chi connectivity index (χ0v) is 13.0. The summed E-state index contributed by atoms with van der Waals surface area (Å²) in [7, 11) is 4.27. The Labute approximate surface area is 114 Å². The highest BCUT2D eigenvalue weighted by Crippen LogP contribution is 1.98. The molecule has 0 atom stereocenters. The van der Waals surface area contributed by atoms with Crippen molar-refractivity contribution in [3.8, 4) is 0 Å². The van der Waals surface area contributed by atoms with Crippen LogP contribution in [0.25, 0.3) is 0 Å². The van der Waals surface area contributed by atoms with Crippen molar-refractivity contribution < 1.29 is 4.74 Å². The molecule has 0 aliphatic carbocycles. The molecule has 0 aliphatic rings. The van der Waals surface area contributed by atoms with Crippen molar-refractivity contribution in [2.45, 2.75) is 20.8 Å². The molecule has 0 radical (unpaired) electrons. The van der Waals surface area contributed by atoms with E-state index in [9.17, 15) is 0 Å². The van der Waals surface area contributed by atoms with Crippen molar-refractivity contribution in [1.29, 1.82) is 0 Å². The third kappa shape index (κ3) is 12.3. The van der Waals surface area contributed by atoms with E-state index in [2.05, 4.69) is 43.1 Å². The van der Waals surface area contributed by atoms with Gasteiger partial charge in [0.05, 0.1) is 6.61 Å². The lowest BCUT2D eigenvalue weighted by Gasteiger charge is -2.25. The lowest BCUT2D eigenvalue weighted by Crippen LogP contribution is -2.39. The van der Waals surface area contributed by atoms with Crippen LogP contribution in [0.4, 0.5) is 0 Å². The summed E-state index contributed by atoms with van der Waals surface area (Å²) in [5, 5.41) is 3.43. The van der Waals surface area contributed by atoms with E-state index in [1.165, 1.54) is 6.54 Å². The van der Waals surface area contributed by atoms with E-state index < -0.39 is 0 Å². The summed E-state index contributed by atoms with van der Waals surface area (Å²) in [6.07, 6.45) is 0. The summed E-state index contributed by atoms with van der Waals surface area (Å²) < 4.78 is 5.30. The molecule has 0 saturated carbocycles. The lowest BCUT2D eigenvalue weighted by atomic mass is 10.2. The van der Waals surface area contributed by atoms with Crippen LogP contribution in [0, 0.1) is 5.92 Å². The van der Waals surface area contributed by atoms with E-state index in [-0.39, 0.29) is 0 Å². The average Bonchev–Trinajstić information content (AvgIpc) is 2.29. The Morgan fingerprint density at radius 2 is 1.78 bits per heavy atom. The van der Waals surface area contributed by atoms with Gasteiger partial charge in [-0.3, -0.25) is 0 Å². The first-order chi connectivity index (χ1) is 8.56. The summed E-state index contributed by atoms with van der Waals surface area (Å²) in [6, 6.07) is 0. The molecule has 0 spiro atoms. The largest absolute Gasteiger partial charge is 0.380 e. The first kappa shape index (κ1) is 17.8. The maximum absolute atomic E-state index is 5.30. The van der Waals surface area contributed by atoms with Crippen LogP contribution in [0.2, 0.25) is 0 Å². The Morgan fingerprint density at radius 3 is 2.33 bits per heavy atom. The zero-order valence-electron chi connectivity index (χ0n) is 13.0. The zero-order chi connectivity index (χ0) is 13.8. The highest BCUT2D eigenvalue weighted by molar-refractivity contribution is 4.63. The highest BCUT2D eigenvalue weighted by Gasteiger charge is 2.07. The summed E-state index contributed by atoms with van der Waals surface area (Å²) in [5.41, 5.74) is 0. The first-order valence-corrected chi connectivity index (χ1v) is 7.21. The van der Waals surface area contributed by atoms with Crippen molar-refractivity contribution in [3.63, 3.8) is 0 Å². The molecule has 0 saturated heterocycles. The van der Waals surface area contributed by atoms with E-state index in [4.69, 9.17) is 4.74 Å². The number of nitrogens with zero attached hydrogens (tertiary/aromatic N) is 2. The van der Waals surface area contributed by atoms with Crippen molar-refractivity contribution in [2.24, 2.45) is 5.92 Å². The number of hydrogen-bond acceptors (Lipinski definition) is 4. The van der Waals surface area contributed by atoms with Crippen molar-refractivity contribution in [2.75, 3.05) is 66.6 Å². The molecule has 0 aromatic rings. The number of ether oxygens (including phenoxy) is 1. The Morgan fingerprint density at radius 1 is 1.06 bits per heavy atom. The Balaban J connectivity index is 3.65. The van der Waals surface area contributed by atoms with Gasteiger partial charge in [0.2, 0.25) is 0 Å². The summed E-state index contributed by atoms with van der Waals surface area (Å²) in [6.45, 7) is 14.8. The normalized spacial score (nSPS) is 12.0. The monoisotopic (exact) mass is 259 g/mol. The van der Waals surface area contributed by atoms with Crippen LogP contribution < -0.4 is 5.32 Å². The van der Waals surface area contributed by atoms with Crippen LogP contribution in [-0.4, -0.2) is 76.4 Å². The number of likely N-dealkylation sites (N-methyl/N-ethyl adjacent to an activating group) is 1. The molecular weight excluding hydrogens is 226 g/mol. The fourth-order valence-electron chi connectivity index (χ4n) is 1.80. The molecule has 0 amide bonds. The minimum absolute atomic E-state index is 0.732. The third-order valence-corrected chi connectivity index (χ3v) is 2.72. The Hall–Kier alpha value is -0.160.